The number of carbonyl (C=O) groups excluding carboxylic acids is 2. The number of aliphatic hydroxyl groups is 1. The van der Waals surface area contributed by atoms with E-state index in [9.17, 15) is 14.7 Å². The standard InChI is InChI=1S/C24H23N5O7/c1-24(32,23(31)27-14-3-4-15-17(12-14)36-28-21(15)25)20-22(30)29(9-10-34-20)19-6-5-16(35-19)13-7-8-26-18(11-13)33-2/h3-8,11-12,20,32H,9-10H2,1-2H3,(H2,25,28)(H,27,31)/t20-,24?/m0/s1. The number of methoxy groups -OCH3 is 1. The van der Waals surface area contributed by atoms with Crippen molar-refractivity contribution in [3.63, 3.8) is 0 Å². The minimum Gasteiger partial charge on any atom is -0.481 e. The lowest BCUT2D eigenvalue weighted by Crippen LogP contribution is -2.61. The Bertz CT molecular complexity index is 1440. The monoisotopic (exact) mass is 493 g/mol. The molecule has 2 amide bonds. The lowest BCUT2D eigenvalue weighted by molar-refractivity contribution is -0.165. The fourth-order valence-electron chi connectivity index (χ4n) is 3.92. The van der Waals surface area contributed by atoms with Gasteiger partial charge in [0.2, 0.25) is 11.8 Å². The number of hydrogen-bond acceptors (Lipinski definition) is 10. The number of benzene rings is 1. The van der Waals surface area contributed by atoms with Gasteiger partial charge in [0.15, 0.2) is 23.1 Å². The van der Waals surface area contributed by atoms with E-state index in [4.69, 9.17) is 24.1 Å². The average Bonchev–Trinajstić information content (AvgIpc) is 3.51. The number of nitrogens with zero attached hydrogens (tertiary/aromatic N) is 3. The molecule has 1 saturated heterocycles. The predicted octanol–water partition coefficient (Wildman–Crippen LogP) is 2.20. The van der Waals surface area contributed by atoms with Gasteiger partial charge in [-0.05, 0) is 31.2 Å². The second kappa shape index (κ2) is 8.98. The molecule has 0 bridgehead atoms. The number of anilines is 3. The molecule has 4 N–H and O–H groups in total. The Labute approximate surface area is 204 Å². The number of hydrogen-bond donors (Lipinski definition) is 3. The Morgan fingerprint density at radius 3 is 2.92 bits per heavy atom. The van der Waals surface area contributed by atoms with Crippen molar-refractivity contribution in [2.24, 2.45) is 0 Å². The van der Waals surface area contributed by atoms with Crippen molar-refractivity contribution in [3.8, 4) is 17.2 Å². The van der Waals surface area contributed by atoms with Crippen LogP contribution in [0.15, 0.2) is 57.6 Å². The van der Waals surface area contributed by atoms with E-state index in [-0.39, 0.29) is 24.9 Å². The van der Waals surface area contributed by atoms with Crippen molar-refractivity contribution in [2.75, 3.05) is 36.2 Å². The van der Waals surface area contributed by atoms with E-state index in [0.717, 1.165) is 0 Å². The number of aromatic nitrogens is 2. The Morgan fingerprint density at radius 1 is 1.28 bits per heavy atom. The SMILES string of the molecule is COc1cc(-c2ccc(N3CCO[C@H](C(C)(O)C(=O)Nc4ccc5c(N)noc5c4)C3=O)o2)ccn1. The Morgan fingerprint density at radius 2 is 2.11 bits per heavy atom. The molecule has 1 aliphatic heterocycles. The van der Waals surface area contributed by atoms with Gasteiger partial charge < -0.3 is 34.6 Å². The second-order valence-corrected chi connectivity index (χ2v) is 8.35. The first-order chi connectivity index (χ1) is 17.3. The molecule has 36 heavy (non-hydrogen) atoms. The molecule has 0 aliphatic carbocycles. The zero-order chi connectivity index (χ0) is 25.4. The number of amides is 2. The molecule has 1 unspecified atom stereocenters. The number of carbonyl (C=O) groups is 2. The summed E-state index contributed by atoms with van der Waals surface area (Å²) in [5.41, 5.74) is 4.92. The largest absolute Gasteiger partial charge is 0.481 e. The van der Waals surface area contributed by atoms with Crippen LogP contribution in [0.25, 0.3) is 22.3 Å². The minimum atomic E-state index is -2.20. The number of ether oxygens (including phenoxy) is 2. The van der Waals surface area contributed by atoms with Gasteiger partial charge in [0, 0.05) is 35.6 Å². The van der Waals surface area contributed by atoms with E-state index in [0.29, 0.717) is 33.9 Å². The van der Waals surface area contributed by atoms with E-state index in [1.807, 2.05) is 0 Å². The van der Waals surface area contributed by atoms with Crippen LogP contribution < -0.4 is 20.7 Å². The number of morpholine rings is 1. The summed E-state index contributed by atoms with van der Waals surface area (Å²) < 4.78 is 21.7. The van der Waals surface area contributed by atoms with Gasteiger partial charge in [0.25, 0.3) is 11.8 Å². The molecule has 0 saturated carbocycles. The van der Waals surface area contributed by atoms with Crippen LogP contribution in [0.2, 0.25) is 0 Å². The molecule has 4 aromatic rings. The lowest BCUT2D eigenvalue weighted by atomic mass is 9.95. The van der Waals surface area contributed by atoms with Gasteiger partial charge in [-0.1, -0.05) is 5.16 Å². The molecule has 1 aliphatic rings. The van der Waals surface area contributed by atoms with Crippen molar-refractivity contribution < 1.29 is 33.1 Å². The molecule has 1 fully saturated rings. The molecule has 186 valence electrons. The highest BCUT2D eigenvalue weighted by Crippen LogP contribution is 2.32. The summed E-state index contributed by atoms with van der Waals surface area (Å²) in [6.07, 6.45) is 0.113. The molecule has 12 heteroatoms. The maximum absolute atomic E-state index is 13.3. The van der Waals surface area contributed by atoms with Gasteiger partial charge in [-0.25, -0.2) is 4.98 Å². The van der Waals surface area contributed by atoms with Crippen LogP contribution in [0, 0.1) is 0 Å². The first kappa shape index (κ1) is 23.3. The van der Waals surface area contributed by atoms with Crippen molar-refractivity contribution in [1.29, 1.82) is 0 Å². The Balaban J connectivity index is 1.33. The van der Waals surface area contributed by atoms with E-state index < -0.39 is 23.5 Å². The van der Waals surface area contributed by atoms with Crippen LogP contribution in [0.4, 0.5) is 17.4 Å². The van der Waals surface area contributed by atoms with Crippen LogP contribution in [0.3, 0.4) is 0 Å². The minimum absolute atomic E-state index is 0.0856. The fraction of sp³-hybridized carbons (Fsp3) is 0.250. The number of nitrogens with two attached hydrogens (primary N) is 1. The number of pyridine rings is 1. The summed E-state index contributed by atoms with van der Waals surface area (Å²) in [4.78, 5) is 31.7. The highest BCUT2D eigenvalue weighted by molar-refractivity contribution is 6.06. The molecule has 2 atom stereocenters. The quantitative estimate of drug-likeness (QED) is 0.362. The lowest BCUT2D eigenvalue weighted by Gasteiger charge is -2.37. The van der Waals surface area contributed by atoms with Gasteiger partial charge in [-0.2, -0.15) is 0 Å². The van der Waals surface area contributed by atoms with Crippen molar-refractivity contribution in [3.05, 3.63) is 48.7 Å². The fourth-order valence-corrected chi connectivity index (χ4v) is 3.92. The highest BCUT2D eigenvalue weighted by Gasteiger charge is 2.49. The molecule has 12 nitrogen and oxygen atoms in total. The second-order valence-electron chi connectivity index (χ2n) is 8.35. The van der Waals surface area contributed by atoms with Gasteiger partial charge in [-0.3, -0.25) is 14.5 Å². The summed E-state index contributed by atoms with van der Waals surface area (Å²) in [6.45, 7) is 1.49. The molecule has 0 radical (unpaired) electrons. The number of rotatable bonds is 6. The smallest absolute Gasteiger partial charge is 0.262 e. The summed E-state index contributed by atoms with van der Waals surface area (Å²) in [7, 11) is 1.51. The van der Waals surface area contributed by atoms with E-state index in [1.165, 1.54) is 25.0 Å². The molecular formula is C24H23N5O7. The van der Waals surface area contributed by atoms with Gasteiger partial charge >= 0.3 is 0 Å². The molecule has 3 aromatic heterocycles. The van der Waals surface area contributed by atoms with Crippen LogP contribution >= 0.6 is 0 Å². The normalized spacial score (nSPS) is 17.7. The molecular weight excluding hydrogens is 470 g/mol. The third-order valence-corrected chi connectivity index (χ3v) is 5.90. The molecule has 5 rings (SSSR count). The number of nitrogen functional groups attached to an aromatic ring is 1. The molecule has 0 spiro atoms. The van der Waals surface area contributed by atoms with Crippen LogP contribution in [-0.2, 0) is 14.3 Å². The molecule has 4 heterocycles. The summed E-state index contributed by atoms with van der Waals surface area (Å²) >= 11 is 0. The topological polar surface area (TPSA) is 166 Å². The van der Waals surface area contributed by atoms with Crippen molar-refractivity contribution in [1.82, 2.24) is 10.1 Å². The maximum atomic E-state index is 13.3. The number of furan rings is 1. The Hall–Kier alpha value is -4.42. The first-order valence-corrected chi connectivity index (χ1v) is 11.0. The maximum Gasteiger partial charge on any atom is 0.262 e. The van der Waals surface area contributed by atoms with Crippen LogP contribution in [0.5, 0.6) is 5.88 Å². The summed E-state index contributed by atoms with van der Waals surface area (Å²) in [5.74, 6) is -0.0639. The molecule has 1 aromatic carbocycles. The van der Waals surface area contributed by atoms with Crippen molar-refractivity contribution >= 4 is 40.2 Å². The van der Waals surface area contributed by atoms with Crippen LogP contribution in [-0.4, -0.2) is 59.0 Å². The van der Waals surface area contributed by atoms with E-state index >= 15 is 0 Å². The number of nitrogens with one attached hydrogen (secondary N) is 1. The van der Waals surface area contributed by atoms with E-state index in [2.05, 4.69) is 15.5 Å². The van der Waals surface area contributed by atoms with Gasteiger partial charge in [0.05, 0.1) is 25.6 Å². The summed E-state index contributed by atoms with van der Waals surface area (Å²) in [5, 5.41) is 17.9. The van der Waals surface area contributed by atoms with Crippen LogP contribution in [0.1, 0.15) is 6.92 Å². The van der Waals surface area contributed by atoms with E-state index in [1.54, 1.807) is 42.6 Å². The third-order valence-electron chi connectivity index (χ3n) is 5.90. The van der Waals surface area contributed by atoms with Crippen molar-refractivity contribution in [2.45, 2.75) is 18.6 Å². The predicted molar refractivity (Wildman–Crippen MR) is 128 cm³/mol. The number of fused-ring (bicyclic) bond motifs is 1. The zero-order valence-corrected chi connectivity index (χ0v) is 19.4. The third kappa shape index (κ3) is 4.12. The highest BCUT2D eigenvalue weighted by atomic mass is 16.5. The Kier molecular flexibility index (Phi) is 5.82. The summed E-state index contributed by atoms with van der Waals surface area (Å²) in [6, 6.07) is 11.5. The van der Waals surface area contributed by atoms with Gasteiger partial charge in [-0.15, -0.1) is 0 Å². The first-order valence-electron chi connectivity index (χ1n) is 11.0. The zero-order valence-electron chi connectivity index (χ0n) is 19.4. The van der Waals surface area contributed by atoms with Gasteiger partial charge in [0.1, 0.15) is 5.76 Å². The average molecular weight is 493 g/mol.